The molecule has 0 saturated carbocycles. The molecule has 0 heterocycles. The van der Waals surface area contributed by atoms with Crippen molar-refractivity contribution < 1.29 is 0 Å². The van der Waals surface area contributed by atoms with Crippen molar-refractivity contribution in [3.8, 4) is 0 Å². The van der Waals surface area contributed by atoms with Crippen LogP contribution in [0, 0.1) is 5.41 Å². The quantitative estimate of drug-likeness (QED) is 0.497. The number of allylic oxidation sites excluding steroid dienone is 2. The van der Waals surface area contributed by atoms with Gasteiger partial charge in [-0.05, 0) is 31.1 Å². The van der Waals surface area contributed by atoms with Gasteiger partial charge in [-0.3, -0.25) is 0 Å². The molecule has 0 atom stereocenters. The lowest BCUT2D eigenvalue weighted by Crippen LogP contribution is -2.17. The molecule has 0 N–H and O–H groups in total. The number of hydrogen-bond donors (Lipinski definition) is 0. The van der Waals surface area contributed by atoms with E-state index in [1.807, 2.05) is 0 Å². The van der Waals surface area contributed by atoms with Crippen LogP contribution in [-0.4, -0.2) is 0 Å². The molecule has 0 radical (unpaired) electrons. The summed E-state index contributed by atoms with van der Waals surface area (Å²) >= 11 is 0. The Labute approximate surface area is 71.7 Å². The Morgan fingerprint density at radius 3 is 2.45 bits per heavy atom. The molecule has 1 rings (SSSR count). The van der Waals surface area contributed by atoms with E-state index in [2.05, 4.69) is 26.8 Å². The Kier molecular flexibility index (Phi) is 3.85. The fourth-order valence-electron chi connectivity index (χ4n) is 1.88. The molecule has 1 aliphatic carbocycles. The van der Waals surface area contributed by atoms with Gasteiger partial charge in [0.15, 0.2) is 0 Å². The molecule has 66 valence electrons. The van der Waals surface area contributed by atoms with Crippen molar-refractivity contribution in [1.29, 1.82) is 0 Å². The molecule has 0 aromatic carbocycles. The summed E-state index contributed by atoms with van der Waals surface area (Å²) in [5, 5.41) is 0. The second-order valence-electron chi connectivity index (χ2n) is 3.86. The van der Waals surface area contributed by atoms with E-state index in [0.717, 1.165) is 0 Å². The van der Waals surface area contributed by atoms with E-state index in [9.17, 15) is 0 Å². The highest BCUT2D eigenvalue weighted by molar-refractivity contribution is 5.14. The van der Waals surface area contributed by atoms with E-state index in [4.69, 9.17) is 0 Å². The first-order valence-electron chi connectivity index (χ1n) is 4.36. The number of rotatable bonds is 1. The van der Waals surface area contributed by atoms with E-state index in [-0.39, 0.29) is 7.43 Å². The summed E-state index contributed by atoms with van der Waals surface area (Å²) in [6, 6.07) is 0. The summed E-state index contributed by atoms with van der Waals surface area (Å²) in [7, 11) is 0. The van der Waals surface area contributed by atoms with Crippen LogP contribution in [0.5, 0.6) is 0 Å². The molecule has 0 spiro atoms. The molecule has 0 heteroatoms. The van der Waals surface area contributed by atoms with Gasteiger partial charge in [0.25, 0.3) is 0 Å². The first-order valence-corrected chi connectivity index (χ1v) is 4.36. The maximum atomic E-state index is 2.43. The summed E-state index contributed by atoms with van der Waals surface area (Å²) in [5.74, 6) is 0. The van der Waals surface area contributed by atoms with Gasteiger partial charge in [0.1, 0.15) is 0 Å². The molecule has 0 saturated heterocycles. The van der Waals surface area contributed by atoms with Gasteiger partial charge in [-0.15, -0.1) is 0 Å². The summed E-state index contributed by atoms with van der Waals surface area (Å²) in [4.78, 5) is 0. The molecular formula is C11H22. The largest absolute Gasteiger partial charge is 0.0848 e. The minimum absolute atomic E-state index is 0. The van der Waals surface area contributed by atoms with Crippen LogP contribution in [0.3, 0.4) is 0 Å². The predicted octanol–water partition coefficient (Wildman–Crippen LogP) is 4.17. The van der Waals surface area contributed by atoms with Crippen molar-refractivity contribution in [3.63, 3.8) is 0 Å². The first-order chi connectivity index (χ1) is 4.67. The molecule has 0 aliphatic heterocycles. The van der Waals surface area contributed by atoms with Crippen LogP contribution in [-0.2, 0) is 0 Å². The zero-order chi connectivity index (χ0) is 7.61. The SMILES string of the molecule is C.CCC1=CCCCC1(C)C. The monoisotopic (exact) mass is 154 g/mol. The molecule has 11 heavy (non-hydrogen) atoms. The molecule has 0 unspecified atom stereocenters. The molecule has 0 bridgehead atoms. The Balaban J connectivity index is 0.000001000. The highest BCUT2D eigenvalue weighted by Crippen LogP contribution is 2.37. The van der Waals surface area contributed by atoms with Gasteiger partial charge in [0.2, 0.25) is 0 Å². The third-order valence-corrected chi connectivity index (χ3v) is 2.65. The van der Waals surface area contributed by atoms with E-state index < -0.39 is 0 Å². The molecular weight excluding hydrogens is 132 g/mol. The normalized spacial score (nSPS) is 21.9. The van der Waals surface area contributed by atoms with Gasteiger partial charge in [0.05, 0.1) is 0 Å². The van der Waals surface area contributed by atoms with Crippen molar-refractivity contribution in [2.45, 2.75) is 53.9 Å². The average molecular weight is 154 g/mol. The average Bonchev–Trinajstić information content (AvgIpc) is 1.87. The summed E-state index contributed by atoms with van der Waals surface area (Å²) < 4.78 is 0. The lowest BCUT2D eigenvalue weighted by atomic mass is 9.75. The fraction of sp³-hybridized carbons (Fsp3) is 0.818. The van der Waals surface area contributed by atoms with Crippen LogP contribution in [0.2, 0.25) is 0 Å². The van der Waals surface area contributed by atoms with Crippen LogP contribution >= 0.6 is 0 Å². The fourth-order valence-corrected chi connectivity index (χ4v) is 1.88. The minimum atomic E-state index is 0. The van der Waals surface area contributed by atoms with Gasteiger partial charge < -0.3 is 0 Å². The summed E-state index contributed by atoms with van der Waals surface area (Å²) in [6.07, 6.45) is 7.76. The lowest BCUT2D eigenvalue weighted by molar-refractivity contribution is 0.366. The Morgan fingerprint density at radius 2 is 2.09 bits per heavy atom. The van der Waals surface area contributed by atoms with Crippen molar-refractivity contribution in [2.75, 3.05) is 0 Å². The second-order valence-corrected chi connectivity index (χ2v) is 3.86. The minimum Gasteiger partial charge on any atom is -0.0848 e. The van der Waals surface area contributed by atoms with Crippen molar-refractivity contribution in [1.82, 2.24) is 0 Å². The molecule has 0 aromatic rings. The standard InChI is InChI=1S/C10H18.CH4/c1-4-9-7-5-6-8-10(9,2)3;/h7H,4-6,8H2,1-3H3;1H4. The zero-order valence-electron chi connectivity index (χ0n) is 7.41. The Hall–Kier alpha value is -0.260. The maximum absolute atomic E-state index is 2.43. The van der Waals surface area contributed by atoms with Gasteiger partial charge in [0, 0.05) is 0 Å². The van der Waals surface area contributed by atoms with E-state index in [1.165, 1.54) is 25.7 Å². The molecule has 1 aliphatic rings. The predicted molar refractivity (Wildman–Crippen MR) is 52.7 cm³/mol. The van der Waals surface area contributed by atoms with Crippen LogP contribution in [0.1, 0.15) is 53.9 Å². The second kappa shape index (κ2) is 3.94. The molecule has 0 amide bonds. The molecule has 0 aromatic heterocycles. The third kappa shape index (κ3) is 2.36. The highest BCUT2D eigenvalue weighted by atomic mass is 14.3. The summed E-state index contributed by atoms with van der Waals surface area (Å²) in [6.45, 7) is 6.99. The summed E-state index contributed by atoms with van der Waals surface area (Å²) in [5.41, 5.74) is 2.17. The van der Waals surface area contributed by atoms with Gasteiger partial charge in [-0.2, -0.15) is 0 Å². The van der Waals surface area contributed by atoms with Gasteiger partial charge in [-0.25, -0.2) is 0 Å². The van der Waals surface area contributed by atoms with Crippen molar-refractivity contribution in [2.24, 2.45) is 5.41 Å². The van der Waals surface area contributed by atoms with Crippen LogP contribution in [0.4, 0.5) is 0 Å². The van der Waals surface area contributed by atoms with Crippen LogP contribution < -0.4 is 0 Å². The van der Waals surface area contributed by atoms with Crippen LogP contribution in [0.25, 0.3) is 0 Å². The highest BCUT2D eigenvalue weighted by Gasteiger charge is 2.23. The van der Waals surface area contributed by atoms with Gasteiger partial charge in [-0.1, -0.05) is 39.8 Å². The van der Waals surface area contributed by atoms with Gasteiger partial charge >= 0.3 is 0 Å². The lowest BCUT2D eigenvalue weighted by Gasteiger charge is -2.31. The first kappa shape index (κ1) is 10.7. The Morgan fingerprint density at radius 1 is 1.45 bits per heavy atom. The van der Waals surface area contributed by atoms with E-state index in [0.29, 0.717) is 5.41 Å². The van der Waals surface area contributed by atoms with Crippen molar-refractivity contribution >= 4 is 0 Å². The van der Waals surface area contributed by atoms with E-state index in [1.54, 1.807) is 5.57 Å². The zero-order valence-corrected chi connectivity index (χ0v) is 7.41. The van der Waals surface area contributed by atoms with Crippen LogP contribution in [0.15, 0.2) is 11.6 Å². The smallest absolute Gasteiger partial charge is 0.0145 e. The molecule has 0 fully saturated rings. The topological polar surface area (TPSA) is 0 Å². The van der Waals surface area contributed by atoms with Crippen molar-refractivity contribution in [3.05, 3.63) is 11.6 Å². The Bertz CT molecular complexity index is 140. The maximum Gasteiger partial charge on any atom is -0.0145 e. The number of hydrogen-bond acceptors (Lipinski definition) is 0. The molecule has 0 nitrogen and oxygen atoms in total. The van der Waals surface area contributed by atoms with E-state index >= 15 is 0 Å². The third-order valence-electron chi connectivity index (χ3n) is 2.65.